The summed E-state index contributed by atoms with van der Waals surface area (Å²) in [5.74, 6) is -1.40. The van der Waals surface area contributed by atoms with E-state index in [1.807, 2.05) is 30.5 Å². The first kappa shape index (κ1) is 33.7. The van der Waals surface area contributed by atoms with E-state index in [1.54, 1.807) is 23.9 Å². The molecular weight excluding hydrogens is 702 g/mol. The standard InChI is InChI=1S/C36H36F2N12O4/c1-44-31-26(4-2-5-27(31)50(36(44)54)28-6-7-29(51)42-35(28)53)45-12-8-21(9-13-45)46-14-15-47-19-23(16-22(47)18-46)49-20-25(30(43-49)32(37)38)41-34(52)24-17-40-48-11-3-10-39-33(24)48/h2-5,10-11,16-17,19-21,28,32H,6-9,12-15,18H2,1H3,(H,41,52)(H,42,51,53). The number of aryl methyl sites for hydroxylation is 1. The van der Waals surface area contributed by atoms with Crippen molar-refractivity contribution in [3.05, 3.63) is 88.8 Å². The fraction of sp³-hybridized carbons (Fsp3) is 0.361. The second-order valence-corrected chi connectivity index (χ2v) is 14.0. The molecule has 3 aliphatic rings. The predicted octanol–water partition coefficient (Wildman–Crippen LogP) is 3.02. The van der Waals surface area contributed by atoms with Crippen molar-refractivity contribution in [2.45, 2.75) is 57.3 Å². The third-order valence-corrected chi connectivity index (χ3v) is 10.9. The van der Waals surface area contributed by atoms with Crippen LogP contribution in [0.4, 0.5) is 20.2 Å². The number of halogens is 2. The average molecular weight is 739 g/mol. The number of imidazole rings is 1. The Hall–Kier alpha value is -6.17. The molecule has 3 aliphatic heterocycles. The van der Waals surface area contributed by atoms with Gasteiger partial charge >= 0.3 is 5.69 Å². The van der Waals surface area contributed by atoms with Crippen LogP contribution in [0.1, 0.15) is 59.9 Å². The molecule has 0 aliphatic carbocycles. The number of para-hydroxylation sites is 1. The molecule has 18 heteroatoms. The third-order valence-electron chi connectivity index (χ3n) is 10.9. The molecule has 1 atom stereocenters. The number of benzene rings is 1. The van der Waals surface area contributed by atoms with Crippen LogP contribution in [0.2, 0.25) is 0 Å². The fourth-order valence-electron chi connectivity index (χ4n) is 8.17. The summed E-state index contributed by atoms with van der Waals surface area (Å²) in [6.07, 6.45) is 7.15. The van der Waals surface area contributed by atoms with Gasteiger partial charge in [0.25, 0.3) is 12.3 Å². The van der Waals surface area contributed by atoms with E-state index < -0.39 is 30.0 Å². The summed E-state index contributed by atoms with van der Waals surface area (Å²) < 4.78 is 36.3. The second-order valence-electron chi connectivity index (χ2n) is 14.0. The van der Waals surface area contributed by atoms with Crippen molar-refractivity contribution in [1.29, 1.82) is 0 Å². The number of amides is 3. The Labute approximate surface area is 305 Å². The van der Waals surface area contributed by atoms with E-state index in [0.717, 1.165) is 55.9 Å². The number of alkyl halides is 2. The summed E-state index contributed by atoms with van der Waals surface area (Å²) >= 11 is 0. The van der Waals surface area contributed by atoms with Crippen molar-refractivity contribution in [2.24, 2.45) is 7.05 Å². The Balaban J connectivity index is 0.890. The van der Waals surface area contributed by atoms with Gasteiger partial charge in [-0.05, 0) is 43.5 Å². The number of carbonyl (C=O) groups excluding carboxylic acids is 3. The molecule has 0 saturated carbocycles. The quantitative estimate of drug-likeness (QED) is 0.235. The van der Waals surface area contributed by atoms with Crippen LogP contribution in [-0.4, -0.2) is 86.4 Å². The minimum atomic E-state index is -2.91. The lowest BCUT2D eigenvalue weighted by atomic mass is 10.0. The van der Waals surface area contributed by atoms with E-state index in [0.29, 0.717) is 29.4 Å². The molecule has 5 aromatic heterocycles. The average Bonchev–Trinajstić information content (AvgIpc) is 3.96. The third kappa shape index (κ3) is 5.64. The van der Waals surface area contributed by atoms with Crippen molar-refractivity contribution in [3.8, 4) is 5.69 Å². The molecule has 1 unspecified atom stereocenters. The number of imide groups is 1. The molecule has 9 rings (SSSR count). The molecular formula is C36H36F2N12O4. The van der Waals surface area contributed by atoms with Crippen LogP contribution in [0.15, 0.2) is 66.1 Å². The van der Waals surface area contributed by atoms with Crippen LogP contribution < -0.4 is 21.2 Å². The van der Waals surface area contributed by atoms with E-state index in [-0.39, 0.29) is 35.7 Å². The molecule has 0 radical (unpaired) electrons. The Morgan fingerprint density at radius 1 is 1.04 bits per heavy atom. The molecule has 16 nitrogen and oxygen atoms in total. The number of carbonyl (C=O) groups is 3. The highest BCUT2D eigenvalue weighted by Gasteiger charge is 2.34. The van der Waals surface area contributed by atoms with Crippen molar-refractivity contribution >= 4 is 45.8 Å². The van der Waals surface area contributed by atoms with Crippen LogP contribution in [0.5, 0.6) is 0 Å². The zero-order valence-electron chi connectivity index (χ0n) is 29.2. The first-order chi connectivity index (χ1) is 26.1. The largest absolute Gasteiger partial charge is 0.370 e. The topological polar surface area (TPSA) is 162 Å². The summed E-state index contributed by atoms with van der Waals surface area (Å²) in [6.45, 7) is 3.76. The molecule has 2 saturated heterocycles. The highest BCUT2D eigenvalue weighted by molar-refractivity contribution is 6.08. The molecule has 2 N–H and O–H groups in total. The van der Waals surface area contributed by atoms with Gasteiger partial charge < -0.3 is 14.8 Å². The van der Waals surface area contributed by atoms with Gasteiger partial charge in [-0.2, -0.15) is 10.2 Å². The van der Waals surface area contributed by atoms with Gasteiger partial charge in [-0.25, -0.2) is 27.8 Å². The SMILES string of the molecule is Cn1c(=O)n(C2CCC(=O)NC2=O)c2cccc(N3CCC(N4CCn5cc(-n6cc(NC(=O)c7cnn8cccnc78)c(C(F)F)n6)cc5C4)CC3)c21. The second kappa shape index (κ2) is 13.0. The van der Waals surface area contributed by atoms with Gasteiger partial charge in [-0.1, -0.05) is 6.07 Å². The fourth-order valence-corrected chi connectivity index (χ4v) is 8.17. The maximum atomic E-state index is 14.1. The summed E-state index contributed by atoms with van der Waals surface area (Å²) in [5.41, 5.74) is 3.55. The van der Waals surface area contributed by atoms with E-state index in [4.69, 9.17) is 0 Å². The summed E-state index contributed by atoms with van der Waals surface area (Å²) in [7, 11) is 1.72. The molecule has 3 amide bonds. The lowest BCUT2D eigenvalue weighted by molar-refractivity contribution is -0.135. The summed E-state index contributed by atoms with van der Waals surface area (Å²) in [5, 5.41) is 13.2. The van der Waals surface area contributed by atoms with E-state index in [2.05, 4.69) is 40.2 Å². The highest BCUT2D eigenvalue weighted by atomic mass is 19.3. The number of rotatable bonds is 7. The van der Waals surface area contributed by atoms with Crippen LogP contribution in [0.3, 0.4) is 0 Å². The number of hydrogen-bond acceptors (Lipinski definition) is 9. The van der Waals surface area contributed by atoms with Crippen LogP contribution in [-0.2, 0) is 29.7 Å². The summed E-state index contributed by atoms with van der Waals surface area (Å²) in [6, 6.07) is 8.95. The highest BCUT2D eigenvalue weighted by Crippen LogP contribution is 2.33. The lowest BCUT2D eigenvalue weighted by Crippen LogP contribution is -2.47. The van der Waals surface area contributed by atoms with Crippen LogP contribution in [0.25, 0.3) is 22.4 Å². The maximum Gasteiger partial charge on any atom is 0.329 e. The molecule has 278 valence electrons. The van der Waals surface area contributed by atoms with Crippen molar-refractivity contribution in [3.63, 3.8) is 0 Å². The minimum Gasteiger partial charge on any atom is -0.370 e. The number of aromatic nitrogens is 8. The number of anilines is 2. The van der Waals surface area contributed by atoms with E-state index >= 15 is 0 Å². The minimum absolute atomic E-state index is 0.0915. The van der Waals surface area contributed by atoms with Crippen molar-refractivity contribution in [2.75, 3.05) is 29.9 Å². The molecule has 2 fully saturated rings. The Bertz CT molecular complexity index is 2520. The lowest BCUT2D eigenvalue weighted by Gasteiger charge is -2.41. The molecule has 54 heavy (non-hydrogen) atoms. The first-order valence-electron chi connectivity index (χ1n) is 17.8. The normalized spacial score (nSPS) is 18.5. The monoisotopic (exact) mass is 738 g/mol. The van der Waals surface area contributed by atoms with Gasteiger partial charge in [0, 0.05) is 76.5 Å². The zero-order valence-corrected chi connectivity index (χ0v) is 29.2. The van der Waals surface area contributed by atoms with Gasteiger partial charge in [0.1, 0.15) is 11.6 Å². The van der Waals surface area contributed by atoms with E-state index in [1.165, 1.54) is 32.4 Å². The number of nitrogens with zero attached hydrogens (tertiary/aromatic N) is 10. The number of nitrogens with one attached hydrogen (secondary N) is 2. The number of piperidine rings is 2. The molecule has 0 spiro atoms. The van der Waals surface area contributed by atoms with E-state index in [9.17, 15) is 28.0 Å². The van der Waals surface area contributed by atoms with Crippen molar-refractivity contribution < 1.29 is 23.2 Å². The number of hydrogen-bond donors (Lipinski definition) is 2. The predicted molar refractivity (Wildman–Crippen MR) is 192 cm³/mol. The molecule has 0 bridgehead atoms. The number of fused-ring (bicyclic) bond motifs is 3. The van der Waals surface area contributed by atoms with Gasteiger partial charge in [0.05, 0.1) is 40.5 Å². The maximum absolute atomic E-state index is 14.1. The molecule has 1 aromatic carbocycles. The smallest absolute Gasteiger partial charge is 0.329 e. The van der Waals surface area contributed by atoms with Gasteiger partial charge in [0.2, 0.25) is 11.8 Å². The van der Waals surface area contributed by atoms with Crippen molar-refractivity contribution in [1.82, 2.24) is 48.3 Å². The van der Waals surface area contributed by atoms with Gasteiger partial charge in [0.15, 0.2) is 11.3 Å². The van der Waals surface area contributed by atoms with Gasteiger partial charge in [-0.3, -0.25) is 33.7 Å². The summed E-state index contributed by atoms with van der Waals surface area (Å²) in [4.78, 5) is 59.9. The Morgan fingerprint density at radius 2 is 1.87 bits per heavy atom. The Morgan fingerprint density at radius 3 is 2.67 bits per heavy atom. The molecule has 6 aromatic rings. The van der Waals surface area contributed by atoms with Gasteiger partial charge in [-0.15, -0.1) is 0 Å². The first-order valence-corrected chi connectivity index (χ1v) is 17.8. The Kier molecular flexibility index (Phi) is 8.13. The van der Waals surface area contributed by atoms with Crippen LogP contribution in [0, 0.1) is 0 Å². The van der Waals surface area contributed by atoms with Crippen LogP contribution >= 0.6 is 0 Å². The zero-order chi connectivity index (χ0) is 37.2. The molecule has 8 heterocycles.